The highest BCUT2D eigenvalue weighted by atomic mass is 16.5. The molecule has 0 radical (unpaired) electrons. The number of benzene rings is 1. The van der Waals surface area contributed by atoms with E-state index in [1.54, 1.807) is 13.1 Å². The van der Waals surface area contributed by atoms with Crippen molar-refractivity contribution in [3.8, 4) is 34.3 Å². The van der Waals surface area contributed by atoms with E-state index in [1.807, 2.05) is 0 Å². The third-order valence-corrected chi connectivity index (χ3v) is 2.87. The van der Waals surface area contributed by atoms with Gasteiger partial charge >= 0.3 is 0 Å². The van der Waals surface area contributed by atoms with Crippen LogP contribution in [0.2, 0.25) is 0 Å². The van der Waals surface area contributed by atoms with Crippen LogP contribution in [0, 0.1) is 0 Å². The van der Waals surface area contributed by atoms with Crippen LogP contribution in [0.4, 0.5) is 5.82 Å². The maximum Gasteiger partial charge on any atom is 0.263 e. The first-order valence-corrected chi connectivity index (χ1v) is 5.70. The summed E-state index contributed by atoms with van der Waals surface area (Å²) in [5.41, 5.74) is 6.87. The summed E-state index contributed by atoms with van der Waals surface area (Å²) in [4.78, 5) is 4.19. The van der Waals surface area contributed by atoms with Crippen LogP contribution < -0.4 is 5.73 Å². The molecule has 0 aliphatic heterocycles. The van der Waals surface area contributed by atoms with E-state index in [0.29, 0.717) is 16.9 Å². The number of hydrogen-bond acceptors (Lipinski definition) is 7. The molecule has 0 atom stereocenters. The molecule has 0 fully saturated rings. The Balaban J connectivity index is 2.01. The molecular weight excluding hydrogens is 262 g/mol. The van der Waals surface area contributed by atoms with Crippen LogP contribution >= 0.6 is 0 Å². The van der Waals surface area contributed by atoms with Crippen LogP contribution in [0.3, 0.4) is 0 Å². The number of phenolic OH excluding ortho intramolecular Hbond substituents is 2. The smallest absolute Gasteiger partial charge is 0.263 e. The largest absolute Gasteiger partial charge is 0.504 e. The van der Waals surface area contributed by atoms with Gasteiger partial charge in [0.15, 0.2) is 11.5 Å². The van der Waals surface area contributed by atoms with E-state index in [1.165, 1.54) is 23.0 Å². The fourth-order valence-corrected chi connectivity index (χ4v) is 1.72. The number of aromatic nitrogens is 4. The molecule has 0 aliphatic rings. The topological polar surface area (TPSA) is 123 Å². The average Bonchev–Trinajstić information content (AvgIpc) is 3.02. The first-order chi connectivity index (χ1) is 9.56. The Bertz CT molecular complexity index is 777. The quantitative estimate of drug-likeness (QED) is 0.598. The molecule has 0 spiro atoms. The molecule has 0 unspecified atom stereocenters. The van der Waals surface area contributed by atoms with Crippen molar-refractivity contribution in [3.63, 3.8) is 0 Å². The second-order valence-corrected chi connectivity index (χ2v) is 4.19. The molecule has 0 aliphatic carbocycles. The van der Waals surface area contributed by atoms with Crippen LogP contribution in [0.15, 0.2) is 28.9 Å². The predicted octanol–water partition coefficient (Wildman–Crippen LogP) is 1.13. The highest BCUT2D eigenvalue weighted by Gasteiger charge is 2.16. The Morgan fingerprint density at radius 2 is 2.05 bits per heavy atom. The molecule has 4 N–H and O–H groups in total. The molecule has 2 aromatic heterocycles. The Morgan fingerprint density at radius 1 is 1.25 bits per heavy atom. The fourth-order valence-electron chi connectivity index (χ4n) is 1.72. The monoisotopic (exact) mass is 273 g/mol. The van der Waals surface area contributed by atoms with Crippen LogP contribution in [0.1, 0.15) is 0 Å². The van der Waals surface area contributed by atoms with Gasteiger partial charge in [-0.1, -0.05) is 5.16 Å². The number of nitrogens with zero attached hydrogens (tertiary/aromatic N) is 4. The maximum atomic E-state index is 9.46. The minimum Gasteiger partial charge on any atom is -0.504 e. The normalized spacial score (nSPS) is 10.8. The van der Waals surface area contributed by atoms with E-state index < -0.39 is 0 Å². The predicted molar refractivity (Wildman–Crippen MR) is 69.7 cm³/mol. The van der Waals surface area contributed by atoms with Crippen molar-refractivity contribution >= 4 is 5.82 Å². The van der Waals surface area contributed by atoms with Crippen LogP contribution in [-0.2, 0) is 7.05 Å². The summed E-state index contributed by atoms with van der Waals surface area (Å²) in [5.74, 6) is 0.453. The molecule has 102 valence electrons. The molecule has 20 heavy (non-hydrogen) atoms. The number of hydrogen-bond donors (Lipinski definition) is 3. The van der Waals surface area contributed by atoms with Gasteiger partial charge in [0.2, 0.25) is 5.82 Å². The lowest BCUT2D eigenvalue weighted by Crippen LogP contribution is -1.98. The number of phenols is 2. The lowest BCUT2D eigenvalue weighted by Gasteiger charge is -1.98. The Hall–Kier alpha value is -3.03. The van der Waals surface area contributed by atoms with Crippen molar-refractivity contribution in [3.05, 3.63) is 24.4 Å². The number of anilines is 1. The van der Waals surface area contributed by atoms with Gasteiger partial charge in [-0.2, -0.15) is 10.1 Å². The second kappa shape index (κ2) is 4.26. The van der Waals surface area contributed by atoms with Gasteiger partial charge in [0, 0.05) is 12.6 Å². The Labute approximate surface area is 113 Å². The summed E-state index contributed by atoms with van der Waals surface area (Å²) < 4.78 is 6.62. The first kappa shape index (κ1) is 12.0. The number of nitrogen functional groups attached to an aromatic ring is 1. The van der Waals surface area contributed by atoms with Crippen molar-refractivity contribution in [1.82, 2.24) is 19.9 Å². The van der Waals surface area contributed by atoms with Gasteiger partial charge in [0.05, 0.1) is 6.20 Å². The number of aryl methyl sites for hydroxylation is 1. The molecule has 0 bridgehead atoms. The molecule has 0 saturated heterocycles. The lowest BCUT2D eigenvalue weighted by atomic mass is 10.2. The Morgan fingerprint density at radius 3 is 2.70 bits per heavy atom. The molecule has 0 amide bonds. The SMILES string of the molecule is Cn1ncc(-c2nc(-c3ccc(O)c(O)c3)no2)c1N. The minimum absolute atomic E-state index is 0.214. The molecule has 8 nitrogen and oxygen atoms in total. The Kier molecular flexibility index (Phi) is 2.56. The highest BCUT2D eigenvalue weighted by molar-refractivity contribution is 5.68. The lowest BCUT2D eigenvalue weighted by molar-refractivity contribution is 0.404. The molecule has 1 aromatic carbocycles. The van der Waals surface area contributed by atoms with Crippen LogP contribution in [0.25, 0.3) is 22.8 Å². The van der Waals surface area contributed by atoms with Gasteiger partial charge in [0.1, 0.15) is 11.4 Å². The summed E-state index contributed by atoms with van der Waals surface area (Å²) in [6.07, 6.45) is 1.53. The second-order valence-electron chi connectivity index (χ2n) is 4.19. The van der Waals surface area contributed by atoms with Crippen LogP contribution in [-0.4, -0.2) is 30.1 Å². The van der Waals surface area contributed by atoms with Gasteiger partial charge in [0.25, 0.3) is 5.89 Å². The van der Waals surface area contributed by atoms with E-state index in [0.717, 1.165) is 0 Å². The van der Waals surface area contributed by atoms with E-state index in [4.69, 9.17) is 10.3 Å². The molecule has 2 heterocycles. The highest BCUT2D eigenvalue weighted by Crippen LogP contribution is 2.31. The summed E-state index contributed by atoms with van der Waals surface area (Å²) in [5, 5.41) is 26.5. The van der Waals surface area contributed by atoms with Crippen molar-refractivity contribution < 1.29 is 14.7 Å². The number of aromatic hydroxyl groups is 2. The summed E-state index contributed by atoms with van der Waals surface area (Å²) in [7, 11) is 1.70. The van der Waals surface area contributed by atoms with Crippen molar-refractivity contribution in [2.75, 3.05) is 5.73 Å². The zero-order valence-corrected chi connectivity index (χ0v) is 10.5. The number of nitrogens with two attached hydrogens (primary N) is 1. The zero-order valence-electron chi connectivity index (χ0n) is 10.5. The van der Waals surface area contributed by atoms with Gasteiger partial charge in [-0.15, -0.1) is 0 Å². The van der Waals surface area contributed by atoms with E-state index in [-0.39, 0.29) is 23.2 Å². The average molecular weight is 273 g/mol. The fraction of sp³-hybridized carbons (Fsp3) is 0.0833. The molecule has 0 saturated carbocycles. The minimum atomic E-state index is -0.255. The molecule has 8 heteroatoms. The summed E-state index contributed by atoms with van der Waals surface area (Å²) in [6.45, 7) is 0. The van der Waals surface area contributed by atoms with Gasteiger partial charge in [-0.3, -0.25) is 4.68 Å². The van der Waals surface area contributed by atoms with Crippen LogP contribution in [0.5, 0.6) is 11.5 Å². The third-order valence-electron chi connectivity index (χ3n) is 2.87. The van der Waals surface area contributed by atoms with Gasteiger partial charge < -0.3 is 20.5 Å². The summed E-state index contributed by atoms with van der Waals surface area (Å²) >= 11 is 0. The standard InChI is InChI=1S/C12H11N5O3/c1-17-10(13)7(5-14-17)12-15-11(16-20-12)6-2-3-8(18)9(19)4-6/h2-5,18-19H,13H2,1H3. The molecular formula is C12H11N5O3. The molecule has 3 rings (SSSR count). The van der Waals surface area contributed by atoms with Crippen molar-refractivity contribution in [2.45, 2.75) is 0 Å². The van der Waals surface area contributed by atoms with E-state index in [2.05, 4.69) is 15.2 Å². The number of rotatable bonds is 2. The third kappa shape index (κ3) is 1.83. The molecule has 3 aromatic rings. The van der Waals surface area contributed by atoms with Gasteiger partial charge in [-0.05, 0) is 18.2 Å². The van der Waals surface area contributed by atoms with Gasteiger partial charge in [-0.25, -0.2) is 0 Å². The van der Waals surface area contributed by atoms with Crippen molar-refractivity contribution in [2.24, 2.45) is 7.05 Å². The summed E-state index contributed by atoms with van der Waals surface area (Å²) in [6, 6.07) is 4.26. The first-order valence-electron chi connectivity index (χ1n) is 5.70. The van der Waals surface area contributed by atoms with Crippen molar-refractivity contribution in [1.29, 1.82) is 0 Å². The zero-order chi connectivity index (χ0) is 14.3. The van der Waals surface area contributed by atoms with E-state index in [9.17, 15) is 10.2 Å². The maximum absolute atomic E-state index is 9.46. The van der Waals surface area contributed by atoms with E-state index >= 15 is 0 Å².